The summed E-state index contributed by atoms with van der Waals surface area (Å²) >= 11 is 0. The fourth-order valence-corrected chi connectivity index (χ4v) is 1.28. The van der Waals surface area contributed by atoms with Crippen LogP contribution in [0.4, 0.5) is 0 Å². The molecule has 96 valence electrons. The van der Waals surface area contributed by atoms with Crippen LogP contribution < -0.4 is 5.32 Å². The van der Waals surface area contributed by atoms with E-state index in [1.807, 2.05) is 30.3 Å². The van der Waals surface area contributed by atoms with E-state index >= 15 is 0 Å². The molecule has 0 bridgehead atoms. The van der Waals surface area contributed by atoms with Crippen molar-refractivity contribution in [3.05, 3.63) is 42.0 Å². The number of hydrogen-bond donors (Lipinski definition) is 2. The maximum Gasteiger partial charge on any atom is 0.330 e. The smallest absolute Gasteiger partial charge is 0.330 e. The normalized spacial score (nSPS) is 12.1. The summed E-state index contributed by atoms with van der Waals surface area (Å²) in [7, 11) is 1.19. The summed E-state index contributed by atoms with van der Waals surface area (Å²) in [5.41, 5.74) is 0.867. The molecule has 18 heavy (non-hydrogen) atoms. The molecule has 0 saturated carbocycles. The Morgan fingerprint density at radius 3 is 2.61 bits per heavy atom. The minimum absolute atomic E-state index is 0.469. The first-order valence-electron chi connectivity index (χ1n) is 5.39. The summed E-state index contributed by atoms with van der Waals surface area (Å²) in [6.45, 7) is -0.502. The number of hydrogen-bond acceptors (Lipinski definition) is 4. The van der Waals surface area contributed by atoms with Gasteiger partial charge in [0.05, 0.1) is 13.7 Å². The zero-order valence-corrected chi connectivity index (χ0v) is 10.00. The van der Waals surface area contributed by atoms with Crippen molar-refractivity contribution in [2.45, 2.75) is 6.04 Å². The molecule has 1 rings (SSSR count). The van der Waals surface area contributed by atoms with Crippen LogP contribution in [-0.4, -0.2) is 36.7 Å². The Bertz CT molecular complexity index is 428. The van der Waals surface area contributed by atoms with Crippen LogP contribution >= 0.6 is 0 Å². The van der Waals surface area contributed by atoms with Gasteiger partial charge in [-0.15, -0.1) is 0 Å². The van der Waals surface area contributed by atoms with E-state index in [1.54, 1.807) is 6.08 Å². The fraction of sp³-hybridized carbons (Fsp3) is 0.231. The number of esters is 1. The standard InChI is InChI=1S/C13H15NO4/c1-18-13(17)11(9-15)14-12(16)8-7-10-5-3-2-4-6-10/h2-8,11,15H,9H2,1H3,(H,14,16)/b8-7+/t11-/m1/s1. The lowest BCUT2D eigenvalue weighted by atomic mass is 10.2. The Kier molecular flexibility index (Phi) is 5.60. The number of nitrogens with one attached hydrogen (secondary N) is 1. The third kappa shape index (κ3) is 4.39. The number of benzene rings is 1. The average molecular weight is 249 g/mol. The van der Waals surface area contributed by atoms with Gasteiger partial charge in [0.15, 0.2) is 6.04 Å². The lowest BCUT2D eigenvalue weighted by molar-refractivity contribution is -0.145. The molecule has 1 aromatic rings. The third-order valence-electron chi connectivity index (χ3n) is 2.21. The van der Waals surface area contributed by atoms with Gasteiger partial charge in [0.2, 0.25) is 5.91 Å². The molecule has 0 heterocycles. The Labute approximate surface area is 105 Å². The van der Waals surface area contributed by atoms with E-state index < -0.39 is 24.5 Å². The van der Waals surface area contributed by atoms with Gasteiger partial charge in [-0.1, -0.05) is 30.3 Å². The van der Waals surface area contributed by atoms with Crippen molar-refractivity contribution in [3.8, 4) is 0 Å². The summed E-state index contributed by atoms with van der Waals surface area (Å²) in [5.74, 6) is -1.15. The van der Waals surface area contributed by atoms with Crippen molar-refractivity contribution in [1.82, 2.24) is 5.32 Å². The second-order valence-corrected chi connectivity index (χ2v) is 3.51. The Morgan fingerprint density at radius 2 is 2.06 bits per heavy atom. The molecule has 0 radical (unpaired) electrons. The topological polar surface area (TPSA) is 75.6 Å². The molecule has 0 aliphatic heterocycles. The predicted molar refractivity (Wildman–Crippen MR) is 66.5 cm³/mol. The number of amides is 1. The van der Waals surface area contributed by atoms with Crippen LogP contribution in [0.1, 0.15) is 5.56 Å². The molecule has 0 aliphatic rings. The van der Waals surface area contributed by atoms with Crippen LogP contribution in [0.15, 0.2) is 36.4 Å². The molecule has 0 fully saturated rings. The fourth-order valence-electron chi connectivity index (χ4n) is 1.28. The van der Waals surface area contributed by atoms with Crippen molar-refractivity contribution < 1.29 is 19.4 Å². The summed E-state index contributed by atoms with van der Waals surface area (Å²) in [6, 6.07) is 8.21. The summed E-state index contributed by atoms with van der Waals surface area (Å²) < 4.78 is 4.43. The van der Waals surface area contributed by atoms with Gasteiger partial charge < -0.3 is 15.2 Å². The van der Waals surface area contributed by atoms with Crippen molar-refractivity contribution in [2.75, 3.05) is 13.7 Å². The molecule has 2 N–H and O–H groups in total. The minimum Gasteiger partial charge on any atom is -0.467 e. The molecule has 0 aliphatic carbocycles. The van der Waals surface area contributed by atoms with E-state index in [0.717, 1.165) is 5.56 Å². The number of aliphatic hydroxyl groups excluding tert-OH is 1. The van der Waals surface area contributed by atoms with Gasteiger partial charge in [-0.25, -0.2) is 4.79 Å². The second-order valence-electron chi connectivity index (χ2n) is 3.51. The molecular weight excluding hydrogens is 234 g/mol. The Morgan fingerprint density at radius 1 is 1.39 bits per heavy atom. The molecule has 0 spiro atoms. The lowest BCUT2D eigenvalue weighted by Crippen LogP contribution is -2.43. The van der Waals surface area contributed by atoms with Crippen LogP contribution in [0.2, 0.25) is 0 Å². The largest absolute Gasteiger partial charge is 0.467 e. The Hall–Kier alpha value is -2.14. The molecular formula is C13H15NO4. The summed E-state index contributed by atoms with van der Waals surface area (Å²) in [5, 5.41) is 11.3. The molecule has 0 unspecified atom stereocenters. The molecule has 5 heteroatoms. The van der Waals surface area contributed by atoms with Crippen LogP contribution in [0, 0.1) is 0 Å². The van der Waals surface area contributed by atoms with Gasteiger partial charge in [-0.05, 0) is 11.6 Å². The average Bonchev–Trinajstić information content (AvgIpc) is 2.42. The number of carbonyl (C=O) groups is 2. The molecule has 1 amide bonds. The van der Waals surface area contributed by atoms with Crippen LogP contribution in [0.3, 0.4) is 0 Å². The highest BCUT2D eigenvalue weighted by molar-refractivity contribution is 5.94. The number of methoxy groups -OCH3 is 1. The first kappa shape index (κ1) is 13.9. The van der Waals surface area contributed by atoms with Gasteiger partial charge in [0, 0.05) is 6.08 Å². The molecule has 0 aromatic heterocycles. The number of carbonyl (C=O) groups excluding carboxylic acids is 2. The zero-order chi connectivity index (χ0) is 13.4. The van der Waals surface area contributed by atoms with E-state index in [9.17, 15) is 9.59 Å². The van der Waals surface area contributed by atoms with Crippen LogP contribution in [-0.2, 0) is 14.3 Å². The van der Waals surface area contributed by atoms with E-state index in [4.69, 9.17) is 5.11 Å². The van der Waals surface area contributed by atoms with Crippen molar-refractivity contribution in [3.63, 3.8) is 0 Å². The van der Waals surface area contributed by atoms with Crippen LogP contribution in [0.5, 0.6) is 0 Å². The van der Waals surface area contributed by atoms with Crippen molar-refractivity contribution >= 4 is 18.0 Å². The lowest BCUT2D eigenvalue weighted by Gasteiger charge is -2.11. The van der Waals surface area contributed by atoms with Gasteiger partial charge in [-0.2, -0.15) is 0 Å². The maximum atomic E-state index is 11.5. The Balaban J connectivity index is 2.56. The highest BCUT2D eigenvalue weighted by Crippen LogP contribution is 2.00. The van der Waals surface area contributed by atoms with E-state index in [-0.39, 0.29) is 0 Å². The quantitative estimate of drug-likeness (QED) is 0.583. The minimum atomic E-state index is -1.04. The maximum absolute atomic E-state index is 11.5. The summed E-state index contributed by atoms with van der Waals surface area (Å²) in [4.78, 5) is 22.6. The second kappa shape index (κ2) is 7.24. The first-order valence-corrected chi connectivity index (χ1v) is 5.39. The van der Waals surface area contributed by atoms with Gasteiger partial charge in [0.25, 0.3) is 0 Å². The molecule has 0 saturated heterocycles. The van der Waals surface area contributed by atoms with E-state index in [1.165, 1.54) is 13.2 Å². The van der Waals surface area contributed by atoms with Crippen molar-refractivity contribution in [2.24, 2.45) is 0 Å². The highest BCUT2D eigenvalue weighted by Gasteiger charge is 2.18. The zero-order valence-electron chi connectivity index (χ0n) is 10.00. The number of ether oxygens (including phenoxy) is 1. The van der Waals surface area contributed by atoms with E-state index in [2.05, 4.69) is 10.1 Å². The van der Waals surface area contributed by atoms with Gasteiger partial charge in [-0.3, -0.25) is 4.79 Å². The molecule has 1 aromatic carbocycles. The van der Waals surface area contributed by atoms with Crippen LogP contribution in [0.25, 0.3) is 6.08 Å². The van der Waals surface area contributed by atoms with E-state index in [0.29, 0.717) is 0 Å². The molecule has 5 nitrogen and oxygen atoms in total. The molecule has 1 atom stereocenters. The highest BCUT2D eigenvalue weighted by atomic mass is 16.5. The van der Waals surface area contributed by atoms with Crippen molar-refractivity contribution in [1.29, 1.82) is 0 Å². The summed E-state index contributed by atoms with van der Waals surface area (Å²) in [6.07, 6.45) is 2.90. The SMILES string of the molecule is COC(=O)[C@@H](CO)NC(=O)/C=C/c1ccccc1. The monoisotopic (exact) mass is 249 g/mol. The van der Waals surface area contributed by atoms with Gasteiger partial charge in [0.1, 0.15) is 0 Å². The first-order chi connectivity index (χ1) is 8.67. The predicted octanol–water partition coefficient (Wildman–Crippen LogP) is 0.350. The number of aliphatic hydroxyl groups is 1. The number of rotatable bonds is 5. The van der Waals surface area contributed by atoms with Gasteiger partial charge >= 0.3 is 5.97 Å². The third-order valence-corrected chi connectivity index (χ3v) is 2.21.